The van der Waals surface area contributed by atoms with Crippen molar-refractivity contribution in [2.45, 2.75) is 31.7 Å². The van der Waals surface area contributed by atoms with Crippen LogP contribution in [-0.4, -0.2) is 44.8 Å². The van der Waals surface area contributed by atoms with E-state index in [1.807, 2.05) is 0 Å². The van der Waals surface area contributed by atoms with Crippen molar-refractivity contribution in [3.05, 3.63) is 29.8 Å². The highest BCUT2D eigenvalue weighted by molar-refractivity contribution is 5.85. The third-order valence-corrected chi connectivity index (χ3v) is 4.96. The molecule has 25 heavy (non-hydrogen) atoms. The van der Waals surface area contributed by atoms with Gasteiger partial charge in [-0.25, -0.2) is 0 Å². The third kappa shape index (κ3) is 5.74. The Labute approximate surface area is 162 Å². The highest BCUT2D eigenvalue weighted by Crippen LogP contribution is 2.27. The maximum Gasteiger partial charge on any atom is 0.237 e. The molecule has 5 nitrogen and oxygen atoms in total. The van der Waals surface area contributed by atoms with Crippen molar-refractivity contribution in [1.82, 2.24) is 5.32 Å². The molecule has 1 amide bonds. The van der Waals surface area contributed by atoms with Gasteiger partial charge in [-0.05, 0) is 43.2 Å². The number of rotatable bonds is 6. The van der Waals surface area contributed by atoms with Crippen molar-refractivity contribution in [2.75, 3.05) is 37.7 Å². The SMILES string of the molecule is Cl.Cl.NC(C(=O)NCCCN1CCc2ccccc21)C1CCOCC1. The average molecular weight is 390 g/mol. The number of carbonyl (C=O) groups excluding carboxylic acids is 1. The maximum atomic E-state index is 12.1. The van der Waals surface area contributed by atoms with Crippen LogP contribution in [-0.2, 0) is 16.0 Å². The van der Waals surface area contributed by atoms with Gasteiger partial charge in [0.2, 0.25) is 5.91 Å². The Balaban J connectivity index is 0.00000156. The van der Waals surface area contributed by atoms with Gasteiger partial charge in [-0.3, -0.25) is 4.79 Å². The van der Waals surface area contributed by atoms with E-state index in [-0.39, 0.29) is 36.6 Å². The maximum absolute atomic E-state index is 12.1. The lowest BCUT2D eigenvalue weighted by molar-refractivity contribution is -0.124. The molecule has 1 fully saturated rings. The zero-order chi connectivity index (χ0) is 16.1. The highest BCUT2D eigenvalue weighted by atomic mass is 35.5. The summed E-state index contributed by atoms with van der Waals surface area (Å²) in [5, 5.41) is 3.00. The molecule has 1 aromatic rings. The molecule has 2 aliphatic heterocycles. The normalized spacial score (nSPS) is 17.9. The Kier molecular flexibility index (Phi) is 9.57. The Morgan fingerprint density at radius 1 is 1.28 bits per heavy atom. The number of ether oxygens (including phenoxy) is 1. The van der Waals surface area contributed by atoms with Gasteiger partial charge in [0.1, 0.15) is 0 Å². The molecule has 3 N–H and O–H groups in total. The first-order chi connectivity index (χ1) is 11.3. The van der Waals surface area contributed by atoms with E-state index >= 15 is 0 Å². The minimum Gasteiger partial charge on any atom is -0.381 e. The molecule has 3 rings (SSSR count). The first kappa shape index (κ1) is 22.0. The largest absolute Gasteiger partial charge is 0.381 e. The van der Waals surface area contributed by atoms with E-state index in [9.17, 15) is 4.79 Å². The summed E-state index contributed by atoms with van der Waals surface area (Å²) in [6.07, 6.45) is 3.84. The molecule has 0 spiro atoms. The van der Waals surface area contributed by atoms with Crippen LogP contribution >= 0.6 is 24.8 Å². The fraction of sp³-hybridized carbons (Fsp3) is 0.611. The second-order valence-corrected chi connectivity index (χ2v) is 6.49. The molecule has 0 saturated carbocycles. The Morgan fingerprint density at radius 3 is 2.76 bits per heavy atom. The van der Waals surface area contributed by atoms with E-state index < -0.39 is 6.04 Å². The van der Waals surface area contributed by atoms with Gasteiger partial charge < -0.3 is 20.7 Å². The lowest BCUT2D eigenvalue weighted by Crippen LogP contribution is -2.47. The van der Waals surface area contributed by atoms with Crippen LogP contribution in [0.2, 0.25) is 0 Å². The Hall–Kier alpha value is -1.01. The van der Waals surface area contributed by atoms with Crippen LogP contribution in [0.3, 0.4) is 0 Å². The molecule has 2 aliphatic rings. The summed E-state index contributed by atoms with van der Waals surface area (Å²) in [7, 11) is 0. The first-order valence-corrected chi connectivity index (χ1v) is 8.69. The van der Waals surface area contributed by atoms with Crippen LogP contribution in [0.15, 0.2) is 24.3 Å². The fourth-order valence-corrected chi connectivity index (χ4v) is 3.53. The highest BCUT2D eigenvalue weighted by Gasteiger charge is 2.26. The Morgan fingerprint density at radius 2 is 2.00 bits per heavy atom. The molecular formula is C18H29Cl2N3O2. The summed E-state index contributed by atoms with van der Waals surface area (Å²) in [4.78, 5) is 14.5. The number of amides is 1. The molecule has 0 aromatic heterocycles. The summed E-state index contributed by atoms with van der Waals surface area (Å²) in [5.74, 6) is 0.243. The number of hydrogen-bond donors (Lipinski definition) is 2. The number of carbonyl (C=O) groups is 1. The van der Waals surface area contributed by atoms with E-state index in [1.165, 1.54) is 11.3 Å². The summed E-state index contributed by atoms with van der Waals surface area (Å²) in [5.41, 5.74) is 8.86. The van der Waals surface area contributed by atoms with E-state index in [0.717, 1.165) is 52.0 Å². The monoisotopic (exact) mass is 389 g/mol. The van der Waals surface area contributed by atoms with Crippen LogP contribution in [0.5, 0.6) is 0 Å². The molecule has 1 saturated heterocycles. The number of anilines is 1. The van der Waals surface area contributed by atoms with Gasteiger partial charge in [0, 0.05) is 38.5 Å². The molecule has 0 bridgehead atoms. The number of hydrogen-bond acceptors (Lipinski definition) is 4. The van der Waals surface area contributed by atoms with Gasteiger partial charge in [-0.15, -0.1) is 24.8 Å². The second kappa shape index (κ2) is 10.9. The van der Waals surface area contributed by atoms with Gasteiger partial charge >= 0.3 is 0 Å². The van der Waals surface area contributed by atoms with Crippen molar-refractivity contribution in [2.24, 2.45) is 11.7 Å². The van der Waals surface area contributed by atoms with Crippen LogP contribution in [0, 0.1) is 5.92 Å². The van der Waals surface area contributed by atoms with Gasteiger partial charge in [0.15, 0.2) is 0 Å². The Bertz CT molecular complexity index is 539. The van der Waals surface area contributed by atoms with Gasteiger partial charge in [-0.1, -0.05) is 18.2 Å². The minimum atomic E-state index is -0.397. The van der Waals surface area contributed by atoms with Crippen molar-refractivity contribution < 1.29 is 9.53 Å². The van der Waals surface area contributed by atoms with Gasteiger partial charge in [0.25, 0.3) is 0 Å². The van der Waals surface area contributed by atoms with Crippen molar-refractivity contribution >= 4 is 36.4 Å². The number of para-hydroxylation sites is 1. The van der Waals surface area contributed by atoms with E-state index in [0.29, 0.717) is 6.54 Å². The molecule has 1 unspecified atom stereocenters. The molecule has 2 heterocycles. The van der Waals surface area contributed by atoms with Crippen LogP contribution in [0.4, 0.5) is 5.69 Å². The molecule has 1 aromatic carbocycles. The summed E-state index contributed by atoms with van der Waals surface area (Å²) in [6, 6.07) is 8.17. The second-order valence-electron chi connectivity index (χ2n) is 6.49. The quantitative estimate of drug-likeness (QED) is 0.731. The van der Waals surface area contributed by atoms with E-state index in [2.05, 4.69) is 34.5 Å². The standard InChI is InChI=1S/C18H27N3O2.2ClH/c19-17(15-7-12-23-13-8-15)18(22)20-9-3-10-21-11-6-14-4-1-2-5-16(14)21;;/h1-2,4-5,15,17H,3,6-13,19H2,(H,20,22);2*1H. The topological polar surface area (TPSA) is 67.6 Å². The van der Waals surface area contributed by atoms with Gasteiger partial charge in [0.05, 0.1) is 6.04 Å². The predicted octanol–water partition coefficient (Wildman–Crippen LogP) is 2.15. The van der Waals surface area contributed by atoms with E-state index in [1.54, 1.807) is 0 Å². The smallest absolute Gasteiger partial charge is 0.237 e. The summed E-state index contributed by atoms with van der Waals surface area (Å²) in [6.45, 7) is 4.19. The van der Waals surface area contributed by atoms with Crippen LogP contribution in [0.1, 0.15) is 24.8 Å². The zero-order valence-corrected chi connectivity index (χ0v) is 16.1. The predicted molar refractivity (Wildman–Crippen MR) is 106 cm³/mol. The molecule has 1 atom stereocenters. The fourth-order valence-electron chi connectivity index (χ4n) is 3.53. The van der Waals surface area contributed by atoms with E-state index in [4.69, 9.17) is 10.5 Å². The number of nitrogens with zero attached hydrogens (tertiary/aromatic N) is 1. The minimum absolute atomic E-state index is 0. The van der Waals surface area contributed by atoms with Gasteiger partial charge in [-0.2, -0.15) is 0 Å². The third-order valence-electron chi connectivity index (χ3n) is 4.96. The molecular weight excluding hydrogens is 361 g/mol. The van der Waals surface area contributed by atoms with Crippen LogP contribution in [0.25, 0.3) is 0 Å². The molecule has 7 heteroatoms. The van der Waals surface area contributed by atoms with Crippen LogP contribution < -0.4 is 16.0 Å². The number of nitrogens with two attached hydrogens (primary N) is 1. The summed E-state index contributed by atoms with van der Waals surface area (Å²) < 4.78 is 5.32. The first-order valence-electron chi connectivity index (χ1n) is 8.69. The molecule has 0 aliphatic carbocycles. The molecule has 0 radical (unpaired) electrons. The lowest BCUT2D eigenvalue weighted by Gasteiger charge is -2.27. The van der Waals surface area contributed by atoms with Crippen molar-refractivity contribution in [3.63, 3.8) is 0 Å². The lowest BCUT2D eigenvalue weighted by atomic mass is 9.92. The number of benzene rings is 1. The summed E-state index contributed by atoms with van der Waals surface area (Å²) >= 11 is 0. The molecule has 142 valence electrons. The number of halogens is 2. The number of fused-ring (bicyclic) bond motifs is 1. The zero-order valence-electron chi connectivity index (χ0n) is 14.5. The average Bonchev–Trinajstić information content (AvgIpc) is 3.02. The number of nitrogens with one attached hydrogen (secondary N) is 1. The van der Waals surface area contributed by atoms with Crippen molar-refractivity contribution in [1.29, 1.82) is 0 Å². The van der Waals surface area contributed by atoms with Crippen molar-refractivity contribution in [3.8, 4) is 0 Å².